The fraction of sp³-hybridized carbons (Fsp3) is 1.00. The molecule has 1 aliphatic heterocycles. The highest BCUT2D eigenvalue weighted by molar-refractivity contribution is 4.81. The summed E-state index contributed by atoms with van der Waals surface area (Å²) in [5, 5.41) is 3.69. The summed E-state index contributed by atoms with van der Waals surface area (Å²) in [7, 11) is 0. The van der Waals surface area contributed by atoms with Gasteiger partial charge in [-0.2, -0.15) is 0 Å². The Kier molecular flexibility index (Phi) is 4.04. The Hall–Kier alpha value is -0.0800. The van der Waals surface area contributed by atoms with Crippen molar-refractivity contribution < 1.29 is 4.74 Å². The first-order chi connectivity index (χ1) is 7.25. The summed E-state index contributed by atoms with van der Waals surface area (Å²) >= 11 is 0. The smallest absolute Gasteiger partial charge is 0.0700 e. The van der Waals surface area contributed by atoms with Crippen LogP contribution in [0.5, 0.6) is 0 Å². The molecular weight excluding hydrogens is 186 g/mol. The zero-order valence-electron chi connectivity index (χ0n) is 10.2. The number of hydrogen-bond acceptors (Lipinski definition) is 2. The van der Waals surface area contributed by atoms with Crippen LogP contribution in [0.3, 0.4) is 0 Å². The molecule has 0 aromatic rings. The fourth-order valence-electron chi connectivity index (χ4n) is 2.84. The van der Waals surface area contributed by atoms with E-state index in [2.05, 4.69) is 19.2 Å². The van der Waals surface area contributed by atoms with Gasteiger partial charge in [-0.3, -0.25) is 0 Å². The molecule has 0 aromatic carbocycles. The average Bonchev–Trinajstić information content (AvgIpc) is 2.73. The van der Waals surface area contributed by atoms with Gasteiger partial charge in [-0.25, -0.2) is 0 Å². The second-order valence-electron chi connectivity index (χ2n) is 5.51. The number of rotatable bonds is 3. The maximum Gasteiger partial charge on any atom is 0.0700 e. The highest BCUT2D eigenvalue weighted by Gasteiger charge is 2.25. The van der Waals surface area contributed by atoms with Crippen LogP contribution in [0, 0.1) is 11.8 Å². The zero-order valence-corrected chi connectivity index (χ0v) is 10.2. The topological polar surface area (TPSA) is 21.3 Å². The van der Waals surface area contributed by atoms with Crippen LogP contribution >= 0.6 is 0 Å². The van der Waals surface area contributed by atoms with E-state index in [0.29, 0.717) is 6.10 Å². The molecule has 15 heavy (non-hydrogen) atoms. The molecule has 0 amide bonds. The zero-order chi connectivity index (χ0) is 10.7. The molecule has 2 fully saturated rings. The maximum atomic E-state index is 5.63. The summed E-state index contributed by atoms with van der Waals surface area (Å²) in [6.07, 6.45) is 7.12. The van der Waals surface area contributed by atoms with Crippen LogP contribution < -0.4 is 5.32 Å². The van der Waals surface area contributed by atoms with Crippen molar-refractivity contribution in [3.05, 3.63) is 0 Å². The van der Waals surface area contributed by atoms with Crippen LogP contribution in [0.15, 0.2) is 0 Å². The highest BCUT2D eigenvalue weighted by atomic mass is 16.5. The van der Waals surface area contributed by atoms with Crippen LogP contribution in [0.4, 0.5) is 0 Å². The lowest BCUT2D eigenvalue weighted by molar-refractivity contribution is 0.102. The molecule has 1 aliphatic carbocycles. The van der Waals surface area contributed by atoms with Gasteiger partial charge >= 0.3 is 0 Å². The fourth-order valence-corrected chi connectivity index (χ4v) is 2.84. The molecule has 1 saturated heterocycles. The molecule has 2 rings (SSSR count). The summed E-state index contributed by atoms with van der Waals surface area (Å²) in [6.45, 7) is 6.84. The molecular formula is C13H25NO. The Bertz CT molecular complexity index is 189. The molecule has 1 heterocycles. The maximum absolute atomic E-state index is 5.63. The van der Waals surface area contributed by atoms with Crippen LogP contribution in [0.25, 0.3) is 0 Å². The van der Waals surface area contributed by atoms with Gasteiger partial charge in [-0.1, -0.05) is 13.8 Å². The lowest BCUT2D eigenvalue weighted by atomic mass is 9.79. The number of nitrogens with one attached hydrogen (secondary N) is 1. The van der Waals surface area contributed by atoms with Crippen molar-refractivity contribution in [3.8, 4) is 0 Å². The van der Waals surface area contributed by atoms with Crippen LogP contribution in [-0.2, 0) is 4.74 Å². The standard InChI is InChI=1S/C13H25NO/c1-10-5-6-12(8-11(10)2)14-9-13-4-3-7-15-13/h10-14H,3-9H2,1-2H3/t10-,11-,12+,13-/m0/s1. The van der Waals surface area contributed by atoms with Gasteiger partial charge in [0.25, 0.3) is 0 Å². The van der Waals surface area contributed by atoms with Gasteiger partial charge in [0.2, 0.25) is 0 Å². The molecule has 0 bridgehead atoms. The predicted octanol–water partition coefficient (Wildman–Crippen LogP) is 2.58. The van der Waals surface area contributed by atoms with Crippen LogP contribution in [-0.4, -0.2) is 25.3 Å². The summed E-state index contributed by atoms with van der Waals surface area (Å²) in [5.74, 6) is 1.81. The molecule has 1 N–H and O–H groups in total. The minimum Gasteiger partial charge on any atom is -0.377 e. The monoisotopic (exact) mass is 211 g/mol. The molecule has 0 spiro atoms. The van der Waals surface area contributed by atoms with Gasteiger partial charge in [0.1, 0.15) is 0 Å². The minimum absolute atomic E-state index is 0.500. The van der Waals surface area contributed by atoms with Gasteiger partial charge in [0, 0.05) is 19.2 Å². The van der Waals surface area contributed by atoms with Crippen molar-refractivity contribution in [2.75, 3.05) is 13.2 Å². The summed E-state index contributed by atoms with van der Waals surface area (Å²) in [6, 6.07) is 0.750. The predicted molar refractivity (Wildman–Crippen MR) is 62.9 cm³/mol. The van der Waals surface area contributed by atoms with E-state index in [1.165, 1.54) is 32.1 Å². The van der Waals surface area contributed by atoms with E-state index < -0.39 is 0 Å². The van der Waals surface area contributed by atoms with Gasteiger partial charge in [-0.15, -0.1) is 0 Å². The first-order valence-corrected chi connectivity index (χ1v) is 6.60. The van der Waals surface area contributed by atoms with E-state index >= 15 is 0 Å². The highest BCUT2D eigenvalue weighted by Crippen LogP contribution is 2.29. The van der Waals surface area contributed by atoms with Crippen LogP contribution in [0.1, 0.15) is 46.0 Å². The largest absolute Gasteiger partial charge is 0.377 e. The first-order valence-electron chi connectivity index (χ1n) is 6.60. The first kappa shape index (κ1) is 11.4. The lowest BCUT2D eigenvalue weighted by Gasteiger charge is -2.33. The lowest BCUT2D eigenvalue weighted by Crippen LogP contribution is -2.39. The van der Waals surface area contributed by atoms with E-state index in [9.17, 15) is 0 Å². The molecule has 88 valence electrons. The van der Waals surface area contributed by atoms with E-state index in [4.69, 9.17) is 4.74 Å². The summed E-state index contributed by atoms with van der Waals surface area (Å²) in [4.78, 5) is 0. The molecule has 2 heteroatoms. The van der Waals surface area contributed by atoms with Crippen molar-refractivity contribution in [1.82, 2.24) is 5.32 Å². The summed E-state index contributed by atoms with van der Waals surface area (Å²) < 4.78 is 5.63. The minimum atomic E-state index is 0.500. The second-order valence-corrected chi connectivity index (χ2v) is 5.51. The van der Waals surface area contributed by atoms with Gasteiger partial charge in [0.05, 0.1) is 6.10 Å². The number of hydrogen-bond donors (Lipinski definition) is 1. The molecule has 2 nitrogen and oxygen atoms in total. The van der Waals surface area contributed by atoms with E-state index in [0.717, 1.165) is 31.0 Å². The van der Waals surface area contributed by atoms with Gasteiger partial charge in [0.15, 0.2) is 0 Å². The summed E-state index contributed by atoms with van der Waals surface area (Å²) in [5.41, 5.74) is 0. The SMILES string of the molecule is C[C@H]1CC[C@@H](NC[C@@H]2CCCO2)C[C@@H]1C. The van der Waals surface area contributed by atoms with Crippen molar-refractivity contribution in [2.24, 2.45) is 11.8 Å². The molecule has 2 aliphatic rings. The third-order valence-corrected chi connectivity index (χ3v) is 4.26. The van der Waals surface area contributed by atoms with Crippen molar-refractivity contribution >= 4 is 0 Å². The van der Waals surface area contributed by atoms with Crippen molar-refractivity contribution in [1.29, 1.82) is 0 Å². The molecule has 1 saturated carbocycles. The Balaban J connectivity index is 1.66. The Labute approximate surface area is 93.8 Å². The molecule has 0 aromatic heterocycles. The molecule has 4 atom stereocenters. The third-order valence-electron chi connectivity index (χ3n) is 4.26. The van der Waals surface area contributed by atoms with Crippen molar-refractivity contribution in [2.45, 2.75) is 58.1 Å². The molecule has 0 unspecified atom stereocenters. The quantitative estimate of drug-likeness (QED) is 0.774. The van der Waals surface area contributed by atoms with Gasteiger partial charge in [-0.05, 0) is 43.9 Å². The average molecular weight is 211 g/mol. The molecule has 0 radical (unpaired) electrons. The Morgan fingerprint density at radius 2 is 2.00 bits per heavy atom. The van der Waals surface area contributed by atoms with Crippen molar-refractivity contribution in [3.63, 3.8) is 0 Å². The normalized spacial score (nSPS) is 42.0. The van der Waals surface area contributed by atoms with E-state index in [-0.39, 0.29) is 0 Å². The Morgan fingerprint density at radius 3 is 2.67 bits per heavy atom. The second kappa shape index (κ2) is 5.31. The van der Waals surface area contributed by atoms with E-state index in [1.54, 1.807) is 0 Å². The van der Waals surface area contributed by atoms with E-state index in [1.807, 2.05) is 0 Å². The number of ether oxygens (including phenoxy) is 1. The third kappa shape index (κ3) is 3.18. The Morgan fingerprint density at radius 1 is 1.13 bits per heavy atom. The van der Waals surface area contributed by atoms with Gasteiger partial charge < -0.3 is 10.1 Å². The van der Waals surface area contributed by atoms with Crippen LogP contribution in [0.2, 0.25) is 0 Å².